The fraction of sp³-hybridized carbons (Fsp3) is 0.423. The van der Waals surface area contributed by atoms with Gasteiger partial charge in [0.05, 0.1) is 11.1 Å². The van der Waals surface area contributed by atoms with Gasteiger partial charge in [-0.1, -0.05) is 82.6 Å². The highest BCUT2D eigenvalue weighted by atomic mass is 16.4. The zero-order chi connectivity index (χ0) is 27.2. The van der Waals surface area contributed by atoms with Gasteiger partial charge in [-0.3, -0.25) is 25.2 Å². The number of hydrogen-bond acceptors (Lipinski definition) is 7. The molecule has 0 aliphatic rings. The van der Waals surface area contributed by atoms with Gasteiger partial charge in [0.2, 0.25) is 0 Å². The lowest BCUT2D eigenvalue weighted by atomic mass is 10.1. The first-order valence-corrected chi connectivity index (χ1v) is 12.1. The van der Waals surface area contributed by atoms with Gasteiger partial charge in [-0.15, -0.1) is 0 Å². The Kier molecular flexibility index (Phi) is 18.6. The van der Waals surface area contributed by atoms with E-state index < -0.39 is 17.8 Å². The van der Waals surface area contributed by atoms with E-state index in [1.54, 1.807) is 24.3 Å². The third kappa shape index (κ3) is 15.3. The molecule has 2 rings (SSSR count). The Bertz CT molecular complexity index is 850. The van der Waals surface area contributed by atoms with E-state index in [4.69, 9.17) is 27.0 Å². The van der Waals surface area contributed by atoms with Crippen molar-refractivity contribution in [2.24, 2.45) is 11.7 Å². The number of phenols is 2. The molecule has 0 unspecified atom stereocenters. The smallest absolute Gasteiger partial charge is 0.303 e. The van der Waals surface area contributed by atoms with Crippen LogP contribution in [0.5, 0.6) is 11.5 Å². The maximum Gasteiger partial charge on any atom is 0.303 e. The van der Waals surface area contributed by atoms with E-state index in [-0.39, 0.29) is 22.6 Å². The number of hydrazine groups is 2. The highest BCUT2D eigenvalue weighted by molar-refractivity contribution is 5.96. The van der Waals surface area contributed by atoms with Crippen molar-refractivity contribution in [3.05, 3.63) is 59.7 Å². The van der Waals surface area contributed by atoms with Crippen LogP contribution in [-0.2, 0) is 4.79 Å². The van der Waals surface area contributed by atoms with Gasteiger partial charge in [-0.05, 0) is 30.7 Å². The number of aliphatic carboxylic acids is 1. The van der Waals surface area contributed by atoms with Gasteiger partial charge in [0.1, 0.15) is 11.5 Å². The number of nitrogens with one attached hydrogen (secondary N) is 2. The average Bonchev–Trinajstić information content (AvgIpc) is 2.88. The number of unbranched alkanes of at least 4 members (excludes halogenated alkanes) is 8. The molecular formula is C26H40N4O6. The molecule has 0 aliphatic heterocycles. The maximum atomic E-state index is 10.8. The number of para-hydroxylation sites is 2. The second-order valence-corrected chi connectivity index (χ2v) is 7.95. The number of amides is 2. The number of phenolic OH excluding ortho intramolecular Hbond substituents is 2. The number of aromatic hydroxyl groups is 2. The largest absolute Gasteiger partial charge is 0.507 e. The van der Waals surface area contributed by atoms with E-state index in [0.29, 0.717) is 6.42 Å². The highest BCUT2D eigenvalue weighted by Crippen LogP contribution is 2.15. The monoisotopic (exact) mass is 504 g/mol. The van der Waals surface area contributed by atoms with E-state index in [0.717, 1.165) is 12.8 Å². The summed E-state index contributed by atoms with van der Waals surface area (Å²) >= 11 is 0. The summed E-state index contributed by atoms with van der Waals surface area (Å²) < 4.78 is 0. The van der Waals surface area contributed by atoms with Crippen molar-refractivity contribution < 1.29 is 29.7 Å². The highest BCUT2D eigenvalue weighted by Gasteiger charge is 2.07. The van der Waals surface area contributed by atoms with Gasteiger partial charge in [-0.25, -0.2) is 11.7 Å². The molecular weight excluding hydrogens is 464 g/mol. The minimum absolute atomic E-state index is 0.0737. The SMILES string of the molecule is CCCCCCCCCCCC(=O)O.NNC(=O)c1ccccc1O.NNC(=O)c1ccccc1O. The Hall–Kier alpha value is -3.63. The predicted molar refractivity (Wildman–Crippen MR) is 139 cm³/mol. The molecule has 36 heavy (non-hydrogen) atoms. The van der Waals surface area contributed by atoms with Gasteiger partial charge in [-0.2, -0.15) is 0 Å². The lowest BCUT2D eigenvalue weighted by Crippen LogP contribution is -2.29. The van der Waals surface area contributed by atoms with E-state index in [2.05, 4.69) is 6.92 Å². The molecule has 200 valence electrons. The van der Waals surface area contributed by atoms with Crippen molar-refractivity contribution in [2.75, 3.05) is 0 Å². The minimum Gasteiger partial charge on any atom is -0.507 e. The van der Waals surface area contributed by atoms with Crippen molar-refractivity contribution >= 4 is 17.8 Å². The molecule has 10 heteroatoms. The molecule has 0 radical (unpaired) electrons. The van der Waals surface area contributed by atoms with Crippen molar-refractivity contribution in [3.8, 4) is 11.5 Å². The lowest BCUT2D eigenvalue weighted by Gasteiger charge is -2.00. The van der Waals surface area contributed by atoms with Crippen molar-refractivity contribution in [2.45, 2.75) is 71.1 Å². The summed E-state index contributed by atoms with van der Waals surface area (Å²) in [7, 11) is 0. The van der Waals surface area contributed by atoms with Gasteiger partial charge in [0.25, 0.3) is 11.8 Å². The third-order valence-electron chi connectivity index (χ3n) is 5.05. The van der Waals surface area contributed by atoms with Crippen LogP contribution in [0.3, 0.4) is 0 Å². The van der Waals surface area contributed by atoms with Crippen LogP contribution in [0.15, 0.2) is 48.5 Å². The summed E-state index contributed by atoms with van der Waals surface area (Å²) in [6, 6.07) is 12.4. The molecule has 0 aliphatic carbocycles. The summed E-state index contributed by atoms with van der Waals surface area (Å²) in [4.78, 5) is 31.9. The Morgan fingerprint density at radius 2 is 1.03 bits per heavy atom. The number of rotatable bonds is 12. The van der Waals surface area contributed by atoms with Crippen molar-refractivity contribution in [1.29, 1.82) is 0 Å². The Balaban J connectivity index is 0.000000515. The molecule has 0 bridgehead atoms. The number of carbonyl (C=O) groups is 3. The van der Waals surface area contributed by atoms with Gasteiger partial charge >= 0.3 is 5.97 Å². The first-order valence-electron chi connectivity index (χ1n) is 12.1. The van der Waals surface area contributed by atoms with Crippen molar-refractivity contribution in [3.63, 3.8) is 0 Å². The standard InChI is InChI=1S/C12H24O2.2C7H8N2O2/c1-2-3-4-5-6-7-8-9-10-11-12(13)14;2*8-9-7(11)5-3-1-2-4-6(5)10/h2-11H2,1H3,(H,13,14);2*1-4,10H,8H2,(H,9,11). The number of benzene rings is 2. The molecule has 2 aromatic carbocycles. The Morgan fingerprint density at radius 3 is 1.36 bits per heavy atom. The Labute approximate surface area is 212 Å². The van der Waals surface area contributed by atoms with Crippen LogP contribution in [-0.4, -0.2) is 33.1 Å². The minimum atomic E-state index is -0.659. The van der Waals surface area contributed by atoms with E-state index in [1.807, 2.05) is 10.9 Å². The van der Waals surface area contributed by atoms with Crippen LogP contribution >= 0.6 is 0 Å². The molecule has 0 spiro atoms. The van der Waals surface area contributed by atoms with Crippen LogP contribution in [0.25, 0.3) is 0 Å². The summed E-state index contributed by atoms with van der Waals surface area (Å²) in [5, 5.41) is 26.6. The summed E-state index contributed by atoms with van der Waals surface area (Å²) in [5.41, 5.74) is 4.20. The zero-order valence-corrected chi connectivity index (χ0v) is 20.9. The normalized spacial score (nSPS) is 9.64. The second-order valence-electron chi connectivity index (χ2n) is 7.95. The van der Waals surface area contributed by atoms with E-state index in [9.17, 15) is 14.4 Å². The molecule has 0 atom stereocenters. The number of carbonyl (C=O) groups excluding carboxylic acids is 2. The lowest BCUT2D eigenvalue weighted by molar-refractivity contribution is -0.137. The molecule has 0 aromatic heterocycles. The molecule has 0 saturated heterocycles. The number of carboxylic acids is 1. The van der Waals surface area contributed by atoms with Crippen LogP contribution in [0.1, 0.15) is 91.8 Å². The number of carboxylic acid groups (broad SMARTS) is 1. The zero-order valence-electron chi connectivity index (χ0n) is 20.9. The van der Waals surface area contributed by atoms with Gasteiger partial charge < -0.3 is 15.3 Å². The van der Waals surface area contributed by atoms with Crippen LogP contribution in [0.4, 0.5) is 0 Å². The second kappa shape index (κ2) is 20.7. The summed E-state index contributed by atoms with van der Waals surface area (Å²) in [6.45, 7) is 2.23. The number of hydrogen-bond donors (Lipinski definition) is 7. The molecule has 9 N–H and O–H groups in total. The summed E-state index contributed by atoms with van der Waals surface area (Å²) in [5.74, 6) is 7.92. The number of nitrogen functional groups attached to an aromatic ring is 2. The van der Waals surface area contributed by atoms with Gasteiger partial charge in [0.15, 0.2) is 0 Å². The molecule has 0 heterocycles. The van der Waals surface area contributed by atoms with Crippen LogP contribution in [0, 0.1) is 0 Å². The third-order valence-corrected chi connectivity index (χ3v) is 5.05. The molecule has 2 aromatic rings. The Morgan fingerprint density at radius 1 is 0.667 bits per heavy atom. The van der Waals surface area contributed by atoms with E-state index >= 15 is 0 Å². The van der Waals surface area contributed by atoms with E-state index in [1.165, 1.54) is 69.2 Å². The van der Waals surface area contributed by atoms with Crippen LogP contribution in [0.2, 0.25) is 0 Å². The maximum absolute atomic E-state index is 10.8. The fourth-order valence-corrected chi connectivity index (χ4v) is 3.07. The first-order chi connectivity index (χ1) is 17.3. The first kappa shape index (κ1) is 32.4. The molecule has 10 nitrogen and oxygen atoms in total. The van der Waals surface area contributed by atoms with Crippen molar-refractivity contribution in [1.82, 2.24) is 10.9 Å². The summed E-state index contributed by atoms with van der Waals surface area (Å²) in [6.07, 6.45) is 11.5. The molecule has 0 fully saturated rings. The average molecular weight is 505 g/mol. The van der Waals surface area contributed by atoms with Gasteiger partial charge in [0, 0.05) is 6.42 Å². The molecule has 2 amide bonds. The number of nitrogens with two attached hydrogens (primary N) is 2. The molecule has 0 saturated carbocycles. The van der Waals surface area contributed by atoms with Crippen LogP contribution < -0.4 is 22.5 Å². The predicted octanol–water partition coefficient (Wildman–Crippen LogP) is 3.98. The quantitative estimate of drug-likeness (QED) is 0.0977. The fourth-order valence-electron chi connectivity index (χ4n) is 3.07. The topological polar surface area (TPSA) is 188 Å².